The molecule has 150 valence electrons. The van der Waals surface area contributed by atoms with Crippen molar-refractivity contribution in [1.29, 1.82) is 0 Å². The average molecular weight is 419 g/mol. The minimum absolute atomic E-state index is 0.154. The second-order valence-corrected chi connectivity index (χ2v) is 10.3. The van der Waals surface area contributed by atoms with Gasteiger partial charge >= 0.3 is 0 Å². The molecule has 1 heterocycles. The van der Waals surface area contributed by atoms with Gasteiger partial charge in [-0.3, -0.25) is 4.79 Å². The van der Waals surface area contributed by atoms with Gasteiger partial charge in [0.2, 0.25) is 15.9 Å². The summed E-state index contributed by atoms with van der Waals surface area (Å²) in [5.74, 6) is -0.154. The lowest BCUT2D eigenvalue weighted by Gasteiger charge is -2.26. The first-order valence-electron chi connectivity index (χ1n) is 9.51. The van der Waals surface area contributed by atoms with Gasteiger partial charge in [-0.15, -0.1) is 11.8 Å². The van der Waals surface area contributed by atoms with Crippen molar-refractivity contribution in [2.45, 2.75) is 48.2 Å². The zero-order chi connectivity index (χ0) is 20.1. The largest absolute Gasteiger partial charge is 0.325 e. The molecule has 1 N–H and O–H groups in total. The number of carbonyl (C=O) groups excluding carboxylic acids is 1. The lowest BCUT2D eigenvalue weighted by molar-refractivity contribution is -0.115. The standard InChI is InChI=1S/C21H26N2O3S2/c1-16-11-12-18(15-20(16)28(25,26)23-13-7-4-8-14-23)22-21(24)17(2)27-19-9-5-3-6-10-19/h3,5-6,9-12,15,17H,4,7-8,13-14H2,1-2H3,(H,22,24). The van der Waals surface area contributed by atoms with Crippen molar-refractivity contribution in [3.8, 4) is 0 Å². The monoisotopic (exact) mass is 418 g/mol. The van der Waals surface area contributed by atoms with E-state index in [-0.39, 0.29) is 16.1 Å². The summed E-state index contributed by atoms with van der Waals surface area (Å²) in [6.07, 6.45) is 2.85. The maximum absolute atomic E-state index is 13.0. The van der Waals surface area contributed by atoms with Crippen LogP contribution in [0.1, 0.15) is 31.7 Å². The number of nitrogens with zero attached hydrogens (tertiary/aromatic N) is 1. The summed E-state index contributed by atoms with van der Waals surface area (Å²) in [4.78, 5) is 13.9. The summed E-state index contributed by atoms with van der Waals surface area (Å²) >= 11 is 1.47. The van der Waals surface area contributed by atoms with E-state index in [1.807, 2.05) is 37.3 Å². The fraction of sp³-hybridized carbons (Fsp3) is 0.381. The van der Waals surface area contributed by atoms with E-state index >= 15 is 0 Å². The molecule has 0 bridgehead atoms. The van der Waals surface area contributed by atoms with Crippen molar-refractivity contribution in [3.63, 3.8) is 0 Å². The van der Waals surface area contributed by atoms with E-state index in [9.17, 15) is 13.2 Å². The minimum atomic E-state index is -3.54. The van der Waals surface area contributed by atoms with Crippen LogP contribution >= 0.6 is 11.8 Å². The van der Waals surface area contributed by atoms with E-state index in [4.69, 9.17) is 0 Å². The molecule has 0 saturated carbocycles. The normalized spacial score (nSPS) is 16.5. The highest BCUT2D eigenvalue weighted by Gasteiger charge is 2.27. The smallest absolute Gasteiger partial charge is 0.243 e. The van der Waals surface area contributed by atoms with Gasteiger partial charge in [-0.1, -0.05) is 30.7 Å². The van der Waals surface area contributed by atoms with Crippen LogP contribution in [0.25, 0.3) is 0 Å². The van der Waals surface area contributed by atoms with Crippen molar-refractivity contribution in [2.24, 2.45) is 0 Å². The Hall–Kier alpha value is -1.83. The summed E-state index contributed by atoms with van der Waals surface area (Å²) in [5.41, 5.74) is 1.20. The number of amides is 1. The Morgan fingerprint density at radius 3 is 2.43 bits per heavy atom. The first-order chi connectivity index (χ1) is 13.4. The first-order valence-corrected chi connectivity index (χ1v) is 11.8. The maximum atomic E-state index is 13.0. The number of piperidine rings is 1. The molecule has 1 fully saturated rings. The van der Waals surface area contributed by atoms with Crippen molar-refractivity contribution in [3.05, 3.63) is 54.1 Å². The minimum Gasteiger partial charge on any atom is -0.325 e. The number of nitrogens with one attached hydrogen (secondary N) is 1. The highest BCUT2D eigenvalue weighted by molar-refractivity contribution is 8.00. The molecule has 0 aromatic heterocycles. The molecule has 0 spiro atoms. The molecular formula is C21H26N2O3S2. The topological polar surface area (TPSA) is 66.5 Å². The van der Waals surface area contributed by atoms with Gasteiger partial charge in [-0.2, -0.15) is 4.31 Å². The fourth-order valence-corrected chi connectivity index (χ4v) is 5.86. The number of hydrogen-bond acceptors (Lipinski definition) is 4. The number of aryl methyl sites for hydroxylation is 1. The third kappa shape index (κ3) is 4.96. The Morgan fingerprint density at radius 1 is 1.07 bits per heavy atom. The molecule has 1 unspecified atom stereocenters. The maximum Gasteiger partial charge on any atom is 0.243 e. The molecule has 1 saturated heterocycles. The van der Waals surface area contributed by atoms with E-state index in [0.29, 0.717) is 24.3 Å². The Morgan fingerprint density at radius 2 is 1.75 bits per heavy atom. The highest BCUT2D eigenvalue weighted by atomic mass is 32.2. The first kappa shape index (κ1) is 20.9. The fourth-order valence-electron chi connectivity index (χ4n) is 3.20. The number of benzene rings is 2. The van der Waals surface area contributed by atoms with Crippen LogP contribution < -0.4 is 5.32 Å². The number of thioether (sulfide) groups is 1. The van der Waals surface area contributed by atoms with Crippen LogP contribution in [-0.4, -0.2) is 37.0 Å². The van der Waals surface area contributed by atoms with Gasteiger partial charge < -0.3 is 5.32 Å². The third-order valence-electron chi connectivity index (χ3n) is 4.81. The summed E-state index contributed by atoms with van der Waals surface area (Å²) < 4.78 is 27.6. The van der Waals surface area contributed by atoms with E-state index in [2.05, 4.69) is 5.32 Å². The molecule has 2 aromatic rings. The van der Waals surface area contributed by atoms with Gasteiger partial charge in [0.05, 0.1) is 10.1 Å². The lowest BCUT2D eigenvalue weighted by atomic mass is 10.2. The highest BCUT2D eigenvalue weighted by Crippen LogP contribution is 2.27. The number of sulfonamides is 1. The van der Waals surface area contributed by atoms with Gasteiger partial charge in [-0.25, -0.2) is 8.42 Å². The van der Waals surface area contributed by atoms with Gasteiger partial charge in [0.15, 0.2) is 0 Å². The van der Waals surface area contributed by atoms with Crippen LogP contribution in [0.3, 0.4) is 0 Å². The van der Waals surface area contributed by atoms with E-state index in [1.165, 1.54) is 11.8 Å². The van der Waals surface area contributed by atoms with Crippen molar-refractivity contribution >= 4 is 33.4 Å². The summed E-state index contributed by atoms with van der Waals surface area (Å²) in [6.45, 7) is 4.75. The van der Waals surface area contributed by atoms with Crippen LogP contribution in [0.15, 0.2) is 58.3 Å². The predicted molar refractivity (Wildman–Crippen MR) is 114 cm³/mol. The third-order valence-corrected chi connectivity index (χ3v) is 7.97. The van der Waals surface area contributed by atoms with Gasteiger partial charge in [0.25, 0.3) is 0 Å². The van der Waals surface area contributed by atoms with Gasteiger partial charge in [0.1, 0.15) is 0 Å². The predicted octanol–water partition coefficient (Wildman–Crippen LogP) is 4.29. The van der Waals surface area contributed by atoms with E-state index in [0.717, 1.165) is 24.2 Å². The van der Waals surface area contributed by atoms with Crippen LogP contribution in [-0.2, 0) is 14.8 Å². The Labute approximate surface area is 171 Å². The molecule has 3 rings (SSSR count). The number of anilines is 1. The molecule has 1 aliphatic rings. The number of rotatable bonds is 6. The Bertz CT molecular complexity index is 924. The Kier molecular flexibility index (Phi) is 6.80. The summed E-state index contributed by atoms with van der Waals surface area (Å²) in [6, 6.07) is 14.8. The average Bonchev–Trinajstić information content (AvgIpc) is 2.70. The van der Waals surface area contributed by atoms with E-state index < -0.39 is 10.0 Å². The molecule has 0 radical (unpaired) electrons. The Balaban J connectivity index is 1.74. The second kappa shape index (κ2) is 9.11. The molecule has 1 atom stereocenters. The van der Waals surface area contributed by atoms with Gasteiger partial charge in [0, 0.05) is 23.7 Å². The number of hydrogen-bond donors (Lipinski definition) is 1. The summed E-state index contributed by atoms with van der Waals surface area (Å²) in [7, 11) is -3.54. The van der Waals surface area contributed by atoms with Crippen LogP contribution in [0, 0.1) is 6.92 Å². The molecule has 7 heteroatoms. The quantitative estimate of drug-likeness (QED) is 0.711. The molecular weight excluding hydrogens is 392 g/mol. The molecule has 28 heavy (non-hydrogen) atoms. The zero-order valence-corrected chi connectivity index (χ0v) is 17.9. The molecule has 2 aromatic carbocycles. The molecule has 1 amide bonds. The van der Waals surface area contributed by atoms with Gasteiger partial charge in [-0.05, 0) is 56.5 Å². The lowest BCUT2D eigenvalue weighted by Crippen LogP contribution is -2.36. The zero-order valence-electron chi connectivity index (χ0n) is 16.2. The molecule has 1 aliphatic heterocycles. The second-order valence-electron chi connectivity index (χ2n) is 7.01. The van der Waals surface area contributed by atoms with E-state index in [1.54, 1.807) is 29.4 Å². The van der Waals surface area contributed by atoms with Crippen molar-refractivity contribution in [2.75, 3.05) is 18.4 Å². The van der Waals surface area contributed by atoms with Crippen LogP contribution in [0.5, 0.6) is 0 Å². The van der Waals surface area contributed by atoms with Crippen LogP contribution in [0.2, 0.25) is 0 Å². The van der Waals surface area contributed by atoms with Crippen molar-refractivity contribution < 1.29 is 13.2 Å². The molecule has 5 nitrogen and oxygen atoms in total. The number of carbonyl (C=O) groups is 1. The molecule has 0 aliphatic carbocycles. The van der Waals surface area contributed by atoms with Crippen LogP contribution in [0.4, 0.5) is 5.69 Å². The van der Waals surface area contributed by atoms with Crippen molar-refractivity contribution in [1.82, 2.24) is 4.31 Å². The summed E-state index contributed by atoms with van der Waals surface area (Å²) in [5, 5.41) is 2.56. The SMILES string of the molecule is Cc1ccc(NC(=O)C(C)Sc2ccccc2)cc1S(=O)(=O)N1CCCCC1.